The fraction of sp³-hybridized carbons (Fsp3) is 0.593. The van der Waals surface area contributed by atoms with Crippen LogP contribution in [0.25, 0.3) is 0 Å². The van der Waals surface area contributed by atoms with E-state index in [9.17, 15) is 37.6 Å². The minimum Gasteiger partial charge on any atom is -0.336 e. The van der Waals surface area contributed by atoms with Crippen LogP contribution >= 0.6 is 11.8 Å². The Kier molecular flexibility index (Phi) is 7.50. The van der Waals surface area contributed by atoms with Gasteiger partial charge in [-0.3, -0.25) is 19.2 Å². The fourth-order valence-corrected chi connectivity index (χ4v) is 6.83. The predicted molar refractivity (Wildman–Crippen MR) is 139 cm³/mol. The minimum absolute atomic E-state index is 0.0274. The molecule has 2 aliphatic heterocycles. The number of likely N-dealkylation sites (tertiary alicyclic amines) is 1. The number of alkyl halides is 3. The molecule has 0 bridgehead atoms. The number of rotatable bonds is 8. The lowest BCUT2D eigenvalue weighted by Gasteiger charge is -2.35. The molecule has 4 amide bonds. The summed E-state index contributed by atoms with van der Waals surface area (Å²) in [4.78, 5) is 55.7. The molecule has 2 heterocycles. The van der Waals surface area contributed by atoms with E-state index >= 15 is 0 Å². The van der Waals surface area contributed by atoms with E-state index < -0.39 is 46.8 Å². The number of benzene rings is 1. The van der Waals surface area contributed by atoms with Gasteiger partial charge in [0.15, 0.2) is 0 Å². The van der Waals surface area contributed by atoms with E-state index in [-0.39, 0.29) is 43.6 Å². The van der Waals surface area contributed by atoms with E-state index in [1.165, 1.54) is 23.7 Å². The number of thioether (sulfide) groups is 1. The van der Waals surface area contributed by atoms with Gasteiger partial charge in [0, 0.05) is 24.9 Å². The van der Waals surface area contributed by atoms with E-state index in [0.717, 1.165) is 35.5 Å². The highest BCUT2D eigenvalue weighted by Crippen LogP contribution is 2.49. The molecule has 1 saturated heterocycles. The topological polar surface area (TPSA) is 123 Å². The Bertz CT molecular complexity index is 1260. The van der Waals surface area contributed by atoms with Crippen molar-refractivity contribution in [1.82, 2.24) is 15.1 Å². The molecule has 2 saturated carbocycles. The van der Waals surface area contributed by atoms with Crippen molar-refractivity contribution in [3.8, 4) is 6.07 Å². The van der Waals surface area contributed by atoms with Gasteiger partial charge in [0.25, 0.3) is 0 Å². The smallest absolute Gasteiger partial charge is 0.336 e. The third kappa shape index (κ3) is 5.77. The molecule has 0 radical (unpaired) electrons. The van der Waals surface area contributed by atoms with Gasteiger partial charge in [-0.25, -0.2) is 0 Å². The lowest BCUT2D eigenvalue weighted by molar-refractivity contribution is -0.175. The molecule has 2 N–H and O–H groups in total. The van der Waals surface area contributed by atoms with Gasteiger partial charge in [-0.05, 0) is 36.8 Å². The molecule has 1 aromatic rings. The van der Waals surface area contributed by atoms with Crippen LogP contribution < -0.4 is 10.6 Å². The molecule has 9 nitrogen and oxygen atoms in total. The Morgan fingerprint density at radius 3 is 2.48 bits per heavy atom. The van der Waals surface area contributed by atoms with Crippen molar-refractivity contribution >= 4 is 41.1 Å². The molecule has 4 aliphatic rings. The molecule has 4 atom stereocenters. The summed E-state index contributed by atoms with van der Waals surface area (Å²) in [7, 11) is 1.36. The predicted octanol–water partition coefficient (Wildman–Crippen LogP) is 3.07. The average Bonchev–Trinajstić information content (AvgIpc) is 3.85. The molecule has 1 aromatic carbocycles. The number of hydrogen-bond donors (Lipinski definition) is 2. The monoisotopic (exact) mass is 577 g/mol. The van der Waals surface area contributed by atoms with Crippen molar-refractivity contribution in [1.29, 1.82) is 5.26 Å². The van der Waals surface area contributed by atoms with Crippen molar-refractivity contribution in [3.63, 3.8) is 0 Å². The molecule has 40 heavy (non-hydrogen) atoms. The summed E-state index contributed by atoms with van der Waals surface area (Å²) in [5.41, 5.74) is 0.654. The zero-order valence-electron chi connectivity index (χ0n) is 21.9. The third-order valence-corrected chi connectivity index (χ3v) is 9.54. The number of fused-ring (bicyclic) bond motifs is 1. The van der Waals surface area contributed by atoms with Crippen LogP contribution in [0, 0.1) is 23.2 Å². The van der Waals surface area contributed by atoms with Crippen LogP contribution in [0.4, 0.5) is 18.9 Å². The van der Waals surface area contributed by atoms with E-state index in [0.29, 0.717) is 5.69 Å². The number of carbonyl (C=O) groups excluding carboxylic acids is 4. The maximum Gasteiger partial charge on any atom is 0.471 e. The number of hydrogen-bond acceptors (Lipinski definition) is 6. The lowest BCUT2D eigenvalue weighted by Crippen LogP contribution is -2.57. The Morgan fingerprint density at radius 1 is 1.20 bits per heavy atom. The van der Waals surface area contributed by atoms with Crippen LogP contribution in [0.5, 0.6) is 0 Å². The molecule has 5 rings (SSSR count). The highest BCUT2D eigenvalue weighted by atomic mass is 32.2. The SMILES string of the molecule is CN(C(=O)[C@H](CC1CC1)NC(=O)C(F)(F)F)[C@@H](CC1CC1)C(=O)N1C[C@@]2(C[C@H]1C#N)Sc1ccccc1NC2=O. The maximum atomic E-state index is 14.0. The number of likely N-dealkylation sites (N-methyl/N-ethyl adjacent to an activating group) is 1. The van der Waals surface area contributed by atoms with Gasteiger partial charge in [0.05, 0.1) is 11.8 Å². The minimum atomic E-state index is -5.15. The van der Waals surface area contributed by atoms with Gasteiger partial charge in [-0.15, -0.1) is 11.8 Å². The Labute approximate surface area is 233 Å². The summed E-state index contributed by atoms with van der Waals surface area (Å²) in [5, 5.41) is 14.7. The van der Waals surface area contributed by atoms with Gasteiger partial charge in [-0.2, -0.15) is 18.4 Å². The number of halogens is 3. The number of nitrogens with one attached hydrogen (secondary N) is 2. The Balaban J connectivity index is 1.37. The summed E-state index contributed by atoms with van der Waals surface area (Å²) in [6.07, 6.45) is -1.51. The first-order chi connectivity index (χ1) is 18.9. The van der Waals surface area contributed by atoms with Crippen LogP contribution in [-0.2, 0) is 19.2 Å². The molecule has 0 unspecified atom stereocenters. The molecule has 2 aliphatic carbocycles. The highest BCUT2D eigenvalue weighted by molar-refractivity contribution is 8.01. The van der Waals surface area contributed by atoms with Crippen molar-refractivity contribution in [2.75, 3.05) is 18.9 Å². The fourth-order valence-electron chi connectivity index (χ4n) is 5.44. The molecule has 0 aromatic heterocycles. The molecule has 3 fully saturated rings. The van der Waals surface area contributed by atoms with Crippen molar-refractivity contribution in [3.05, 3.63) is 24.3 Å². The van der Waals surface area contributed by atoms with Crippen LogP contribution in [-0.4, -0.2) is 76.1 Å². The number of amides is 4. The second-order valence-corrected chi connectivity index (χ2v) is 12.6. The summed E-state index contributed by atoms with van der Waals surface area (Å²) in [6, 6.07) is 5.99. The first kappa shape index (κ1) is 28.3. The van der Waals surface area contributed by atoms with Crippen molar-refractivity contribution in [2.24, 2.45) is 11.8 Å². The van der Waals surface area contributed by atoms with Crippen molar-refractivity contribution < 1.29 is 32.3 Å². The molecule has 214 valence electrons. The Hall–Kier alpha value is -3.27. The number of carbonyl (C=O) groups is 4. The van der Waals surface area contributed by atoms with Gasteiger partial charge < -0.3 is 20.4 Å². The van der Waals surface area contributed by atoms with Crippen LogP contribution in [0.2, 0.25) is 0 Å². The standard InChI is InChI=1S/C27H30F3N5O4S/c1-34(22(36)19(10-15-6-7-15)33-25(39)27(28,29)30)20(11-16-8-9-16)23(37)35-14-26(12-17(35)13-31)24(38)32-18-4-2-3-5-21(18)40-26/h2-5,15-17,19-20H,6-12,14H2,1H3,(H,32,38)(H,33,39)/t17-,19-,20-,26+/m0/s1. The van der Waals surface area contributed by atoms with Gasteiger partial charge in [0.1, 0.15) is 22.9 Å². The summed E-state index contributed by atoms with van der Waals surface area (Å²) < 4.78 is 38.0. The summed E-state index contributed by atoms with van der Waals surface area (Å²) in [6.45, 7) is -0.0472. The number of nitrogens with zero attached hydrogens (tertiary/aromatic N) is 3. The third-order valence-electron chi connectivity index (χ3n) is 8.09. The number of para-hydroxylation sites is 1. The normalized spacial score (nSPS) is 25.4. The molecule has 1 spiro atoms. The molecule has 13 heteroatoms. The zero-order chi connectivity index (χ0) is 28.8. The van der Waals surface area contributed by atoms with Crippen LogP contribution in [0.15, 0.2) is 29.2 Å². The zero-order valence-corrected chi connectivity index (χ0v) is 22.7. The number of nitriles is 1. The van der Waals surface area contributed by atoms with E-state index in [1.807, 2.05) is 17.4 Å². The van der Waals surface area contributed by atoms with Gasteiger partial charge >= 0.3 is 12.1 Å². The highest BCUT2D eigenvalue weighted by Gasteiger charge is 2.55. The second kappa shape index (κ2) is 10.6. The first-order valence-corrected chi connectivity index (χ1v) is 14.2. The summed E-state index contributed by atoms with van der Waals surface area (Å²) >= 11 is 1.30. The summed E-state index contributed by atoms with van der Waals surface area (Å²) in [5.74, 6) is -3.62. The quantitative estimate of drug-likeness (QED) is 0.490. The first-order valence-electron chi connectivity index (χ1n) is 13.4. The van der Waals surface area contributed by atoms with Gasteiger partial charge in [0.2, 0.25) is 17.7 Å². The van der Waals surface area contributed by atoms with Crippen LogP contribution in [0.3, 0.4) is 0 Å². The lowest BCUT2D eigenvalue weighted by atomic mass is 10.0. The van der Waals surface area contributed by atoms with E-state index in [2.05, 4.69) is 11.4 Å². The van der Waals surface area contributed by atoms with Crippen molar-refractivity contribution in [2.45, 2.75) is 78.9 Å². The average molecular weight is 578 g/mol. The maximum absolute atomic E-state index is 14.0. The second-order valence-electron chi connectivity index (χ2n) is 11.2. The number of anilines is 1. The van der Waals surface area contributed by atoms with E-state index in [1.54, 1.807) is 12.1 Å². The van der Waals surface area contributed by atoms with Crippen LogP contribution in [0.1, 0.15) is 44.9 Å². The molecular formula is C27H30F3N5O4S. The molecular weight excluding hydrogens is 547 g/mol. The largest absolute Gasteiger partial charge is 0.471 e. The van der Waals surface area contributed by atoms with Gasteiger partial charge in [-0.1, -0.05) is 37.8 Å². The van der Waals surface area contributed by atoms with E-state index in [4.69, 9.17) is 0 Å². The Morgan fingerprint density at radius 2 is 1.85 bits per heavy atom.